The second-order valence-electron chi connectivity index (χ2n) is 9.70. The number of carboxylic acids is 1. The van der Waals surface area contributed by atoms with Gasteiger partial charge in [-0.25, -0.2) is 23.8 Å². The third-order valence-electron chi connectivity index (χ3n) is 6.67. The van der Waals surface area contributed by atoms with Gasteiger partial charge >= 0.3 is 12.1 Å². The normalized spacial score (nSPS) is 13.0. The number of pyridine rings is 1. The lowest BCUT2D eigenvalue weighted by Gasteiger charge is -2.16. The lowest BCUT2D eigenvalue weighted by atomic mass is 10.0. The van der Waals surface area contributed by atoms with Crippen LogP contribution >= 0.6 is 23.2 Å². The van der Waals surface area contributed by atoms with Gasteiger partial charge in [0.25, 0.3) is 0 Å². The van der Waals surface area contributed by atoms with Crippen molar-refractivity contribution in [3.8, 4) is 0 Å². The number of carbonyl (C=O) groups is 2. The zero-order valence-electron chi connectivity index (χ0n) is 24.2. The number of fused-ring (bicyclic) bond motifs is 2. The Hall–Kier alpha value is -4.18. The maximum Gasteiger partial charge on any atom is 0.433 e. The van der Waals surface area contributed by atoms with Gasteiger partial charge in [-0.1, -0.05) is 23.2 Å². The molecule has 17 heteroatoms. The minimum atomic E-state index is -4.56. The first kappa shape index (κ1) is 33.7. The summed E-state index contributed by atoms with van der Waals surface area (Å²) in [7, 11) is 3.01. The Morgan fingerprint density at radius 3 is 2.00 bits per heavy atom. The first-order valence-corrected chi connectivity index (χ1v) is 13.9. The van der Waals surface area contributed by atoms with Crippen molar-refractivity contribution >= 4 is 46.2 Å². The third-order valence-corrected chi connectivity index (χ3v) is 7.04. The zero-order chi connectivity index (χ0) is 33.1. The number of hydrogen-bond acceptors (Lipinski definition) is 9. The van der Waals surface area contributed by atoms with Gasteiger partial charge in [-0.2, -0.15) is 23.4 Å². The molecule has 0 saturated carbocycles. The van der Waals surface area contributed by atoms with Gasteiger partial charge in [-0.05, 0) is 31.5 Å². The molecular formula is C28H26Cl2F3N7O5. The van der Waals surface area contributed by atoms with Crippen molar-refractivity contribution in [3.63, 3.8) is 0 Å². The summed E-state index contributed by atoms with van der Waals surface area (Å²) in [5.41, 5.74) is 1.84. The second-order valence-corrected chi connectivity index (χ2v) is 10.5. The summed E-state index contributed by atoms with van der Waals surface area (Å²) >= 11 is 11.7. The van der Waals surface area contributed by atoms with Crippen LogP contribution in [0.5, 0.6) is 0 Å². The molecule has 0 aliphatic carbocycles. The smallest absolute Gasteiger partial charge is 0.433 e. The summed E-state index contributed by atoms with van der Waals surface area (Å²) in [5.74, 6) is -1.35. The highest BCUT2D eigenvalue weighted by atomic mass is 35.5. The SMILES string of the molecule is CO[C@@H](C)c1c(C(=O)O)cnc2cc(Cl)nn12.CO[C@@H](C)c1c(CC(=O)Cc2ccnc(C(F)(F)F)c2)cnc2cc(Cl)nn12. The number of ether oxygens (including phenoxy) is 2. The molecule has 0 spiro atoms. The Bertz CT molecular complexity index is 1860. The van der Waals surface area contributed by atoms with Crippen LogP contribution in [-0.4, -0.2) is 65.3 Å². The standard InChI is InChI=1S/C18H16ClF3N4O2.C10H10ClN3O3/c1-10(28-2)17-12(9-24-16-8-15(19)25-26(16)17)7-13(27)5-11-3-4-23-14(6-11)18(20,21)22;1-5(17-2)9-6(10(15)16)4-12-8-3-7(11)13-14(8)9/h3-4,6,8-10H,5,7H2,1-2H3;3-5H,1-2H3,(H,15,16)/t10-;5-/m00/s1. The molecule has 5 aromatic rings. The maximum atomic E-state index is 12.8. The van der Waals surface area contributed by atoms with Gasteiger partial charge in [-0.15, -0.1) is 0 Å². The Labute approximate surface area is 263 Å². The highest BCUT2D eigenvalue weighted by Gasteiger charge is 2.32. The molecule has 0 fully saturated rings. The molecule has 5 aromatic heterocycles. The topological polar surface area (TPSA) is 146 Å². The predicted molar refractivity (Wildman–Crippen MR) is 155 cm³/mol. The van der Waals surface area contributed by atoms with Crippen LogP contribution in [0, 0.1) is 0 Å². The van der Waals surface area contributed by atoms with Crippen molar-refractivity contribution in [3.05, 3.63) is 86.9 Å². The largest absolute Gasteiger partial charge is 0.478 e. The van der Waals surface area contributed by atoms with Crippen LogP contribution in [0.1, 0.15) is 64.6 Å². The molecule has 238 valence electrons. The van der Waals surface area contributed by atoms with E-state index in [1.807, 2.05) is 0 Å². The van der Waals surface area contributed by atoms with Gasteiger partial charge in [0.2, 0.25) is 0 Å². The van der Waals surface area contributed by atoms with Crippen molar-refractivity contribution in [1.29, 1.82) is 0 Å². The van der Waals surface area contributed by atoms with E-state index >= 15 is 0 Å². The Kier molecular flexibility index (Phi) is 10.4. The summed E-state index contributed by atoms with van der Waals surface area (Å²) in [6.45, 7) is 3.52. The summed E-state index contributed by atoms with van der Waals surface area (Å²) in [6.07, 6.45) is -1.73. The van der Waals surface area contributed by atoms with Gasteiger partial charge in [0, 0.05) is 63.3 Å². The molecule has 0 aromatic carbocycles. The molecule has 5 heterocycles. The highest BCUT2D eigenvalue weighted by Crippen LogP contribution is 2.28. The quantitative estimate of drug-likeness (QED) is 0.209. The van der Waals surface area contributed by atoms with Crippen LogP contribution < -0.4 is 0 Å². The minimum absolute atomic E-state index is 0.0346. The van der Waals surface area contributed by atoms with E-state index in [0.717, 1.165) is 12.3 Å². The van der Waals surface area contributed by atoms with Crippen molar-refractivity contribution < 1.29 is 37.3 Å². The van der Waals surface area contributed by atoms with Crippen LogP contribution in [0.4, 0.5) is 13.2 Å². The summed E-state index contributed by atoms with van der Waals surface area (Å²) in [5, 5.41) is 17.8. The van der Waals surface area contributed by atoms with Crippen LogP contribution in [0.3, 0.4) is 0 Å². The lowest BCUT2D eigenvalue weighted by molar-refractivity contribution is -0.141. The van der Waals surface area contributed by atoms with E-state index in [9.17, 15) is 22.8 Å². The van der Waals surface area contributed by atoms with E-state index in [4.69, 9.17) is 37.8 Å². The van der Waals surface area contributed by atoms with Gasteiger partial charge in [0.15, 0.2) is 21.6 Å². The number of nitrogens with zero attached hydrogens (tertiary/aromatic N) is 7. The number of ketones is 1. The highest BCUT2D eigenvalue weighted by molar-refractivity contribution is 6.30. The number of rotatable bonds is 9. The van der Waals surface area contributed by atoms with Crippen molar-refractivity contribution in [1.82, 2.24) is 34.2 Å². The summed E-state index contributed by atoms with van der Waals surface area (Å²) in [6, 6.07) is 5.40. The van der Waals surface area contributed by atoms with E-state index in [1.165, 1.54) is 41.7 Å². The lowest BCUT2D eigenvalue weighted by Crippen LogP contribution is -2.15. The number of alkyl halides is 3. The fourth-order valence-electron chi connectivity index (χ4n) is 4.47. The van der Waals surface area contributed by atoms with Gasteiger partial charge in [0.05, 0.1) is 23.6 Å². The molecule has 0 unspecified atom stereocenters. The molecule has 0 radical (unpaired) electrons. The number of aromatic nitrogens is 7. The van der Waals surface area contributed by atoms with Gasteiger partial charge < -0.3 is 14.6 Å². The Balaban J connectivity index is 0.000000231. The molecule has 12 nitrogen and oxygen atoms in total. The number of aromatic carboxylic acids is 1. The third kappa shape index (κ3) is 7.73. The maximum absolute atomic E-state index is 12.8. The van der Waals surface area contributed by atoms with E-state index in [0.29, 0.717) is 28.2 Å². The fraction of sp³-hybridized carbons (Fsp3) is 0.321. The Morgan fingerprint density at radius 2 is 1.44 bits per heavy atom. The van der Waals surface area contributed by atoms with Crippen LogP contribution in [0.25, 0.3) is 11.3 Å². The van der Waals surface area contributed by atoms with Crippen LogP contribution in [0.15, 0.2) is 42.9 Å². The minimum Gasteiger partial charge on any atom is -0.478 e. The van der Waals surface area contributed by atoms with E-state index < -0.39 is 30.0 Å². The van der Waals surface area contributed by atoms with E-state index in [-0.39, 0.29) is 40.1 Å². The fourth-order valence-corrected chi connectivity index (χ4v) is 4.82. The monoisotopic (exact) mass is 667 g/mol. The van der Waals surface area contributed by atoms with Crippen LogP contribution in [0.2, 0.25) is 10.3 Å². The predicted octanol–water partition coefficient (Wildman–Crippen LogP) is 5.65. The zero-order valence-corrected chi connectivity index (χ0v) is 25.7. The molecule has 2 atom stereocenters. The molecule has 0 saturated heterocycles. The number of halogens is 5. The molecule has 0 aliphatic rings. The molecule has 0 bridgehead atoms. The van der Waals surface area contributed by atoms with Gasteiger partial charge in [-0.3, -0.25) is 9.78 Å². The number of carbonyl (C=O) groups excluding carboxylic acids is 1. The molecular weight excluding hydrogens is 642 g/mol. The molecule has 0 aliphatic heterocycles. The first-order valence-electron chi connectivity index (χ1n) is 13.1. The first-order chi connectivity index (χ1) is 21.2. The van der Waals surface area contributed by atoms with E-state index in [2.05, 4.69) is 25.1 Å². The number of hydrogen-bond donors (Lipinski definition) is 1. The van der Waals surface area contributed by atoms with Gasteiger partial charge in [0.1, 0.15) is 17.0 Å². The molecule has 1 N–H and O–H groups in total. The number of carboxylic acid groups (broad SMARTS) is 1. The summed E-state index contributed by atoms with van der Waals surface area (Å²) in [4.78, 5) is 35.2. The van der Waals surface area contributed by atoms with Crippen molar-refractivity contribution in [2.24, 2.45) is 0 Å². The average Bonchev–Trinajstić information content (AvgIpc) is 3.56. The number of methoxy groups -OCH3 is 2. The van der Waals surface area contributed by atoms with E-state index in [1.54, 1.807) is 26.0 Å². The number of Topliss-reactive ketones (excluding diaryl/α,β-unsaturated/α-hetero) is 1. The molecule has 45 heavy (non-hydrogen) atoms. The summed E-state index contributed by atoms with van der Waals surface area (Å²) < 4.78 is 51.8. The second kappa shape index (κ2) is 13.9. The Morgan fingerprint density at radius 1 is 0.889 bits per heavy atom. The van der Waals surface area contributed by atoms with Crippen LogP contribution in [-0.2, 0) is 33.3 Å². The van der Waals surface area contributed by atoms with Crippen molar-refractivity contribution in [2.75, 3.05) is 14.2 Å². The average molecular weight is 668 g/mol. The molecule has 0 amide bonds. The molecule has 5 rings (SSSR count). The van der Waals surface area contributed by atoms with Crippen molar-refractivity contribution in [2.45, 2.75) is 45.1 Å².